The molecule has 0 radical (unpaired) electrons. The van der Waals surface area contributed by atoms with E-state index in [0.717, 1.165) is 24.7 Å². The average molecular weight is 341 g/mol. The quantitative estimate of drug-likeness (QED) is 0.898. The first-order valence-electron chi connectivity index (χ1n) is 7.56. The largest absolute Gasteiger partial charge is 0.319 e. The molecule has 2 fully saturated rings. The summed E-state index contributed by atoms with van der Waals surface area (Å²) in [6, 6.07) is 6.75. The van der Waals surface area contributed by atoms with Gasteiger partial charge in [-0.25, -0.2) is 4.39 Å². The van der Waals surface area contributed by atoms with Crippen molar-refractivity contribution in [3.05, 3.63) is 34.1 Å². The molecule has 1 aliphatic heterocycles. The van der Waals surface area contributed by atoms with Gasteiger partial charge in [0.25, 0.3) is 0 Å². The summed E-state index contributed by atoms with van der Waals surface area (Å²) < 4.78 is 14.5. The summed E-state index contributed by atoms with van der Waals surface area (Å²) in [5.41, 5.74) is 1.14. The first-order chi connectivity index (χ1) is 9.70. The Morgan fingerprint density at radius 2 is 2.15 bits per heavy atom. The molecular weight excluding hydrogens is 319 g/mol. The Balaban J connectivity index is 1.91. The highest BCUT2D eigenvalue weighted by molar-refractivity contribution is 9.10. The Morgan fingerprint density at radius 1 is 1.35 bits per heavy atom. The van der Waals surface area contributed by atoms with Crippen LogP contribution in [0.15, 0.2) is 22.7 Å². The van der Waals surface area contributed by atoms with E-state index in [0.29, 0.717) is 16.4 Å². The molecule has 1 aromatic rings. The van der Waals surface area contributed by atoms with Crippen molar-refractivity contribution in [2.75, 3.05) is 20.1 Å². The van der Waals surface area contributed by atoms with Crippen molar-refractivity contribution in [2.24, 2.45) is 5.92 Å². The molecule has 0 bridgehead atoms. The Hall–Kier alpha value is -0.450. The van der Waals surface area contributed by atoms with Crippen LogP contribution in [0.5, 0.6) is 0 Å². The lowest BCUT2D eigenvalue weighted by atomic mass is 9.84. The summed E-state index contributed by atoms with van der Waals surface area (Å²) >= 11 is 3.25. The number of nitrogens with zero attached hydrogens (tertiary/aromatic N) is 1. The number of halogens is 2. The van der Waals surface area contributed by atoms with Crippen LogP contribution in [0.4, 0.5) is 4.39 Å². The SMILES string of the molecule is CNCC1CCCN(C2CC2)C1c1ccc(Br)c(F)c1. The molecule has 1 N–H and O–H groups in total. The molecule has 2 unspecified atom stereocenters. The number of benzene rings is 1. The predicted molar refractivity (Wildman–Crippen MR) is 83.2 cm³/mol. The van der Waals surface area contributed by atoms with Gasteiger partial charge in [-0.3, -0.25) is 4.90 Å². The maximum atomic E-state index is 13.9. The zero-order valence-corrected chi connectivity index (χ0v) is 13.5. The fraction of sp³-hybridized carbons (Fsp3) is 0.625. The molecular formula is C16H22BrFN2. The topological polar surface area (TPSA) is 15.3 Å². The molecule has 3 rings (SSSR count). The summed E-state index contributed by atoms with van der Waals surface area (Å²) in [5, 5.41) is 3.31. The second-order valence-electron chi connectivity index (χ2n) is 6.05. The minimum absolute atomic E-state index is 0.146. The smallest absolute Gasteiger partial charge is 0.137 e. The van der Waals surface area contributed by atoms with Crippen LogP contribution in [0.3, 0.4) is 0 Å². The summed E-state index contributed by atoms with van der Waals surface area (Å²) in [5.74, 6) is 0.432. The van der Waals surface area contributed by atoms with Crippen molar-refractivity contribution in [1.82, 2.24) is 10.2 Å². The van der Waals surface area contributed by atoms with Crippen LogP contribution >= 0.6 is 15.9 Å². The van der Waals surface area contributed by atoms with Crippen molar-refractivity contribution in [2.45, 2.75) is 37.8 Å². The zero-order valence-electron chi connectivity index (χ0n) is 11.9. The maximum absolute atomic E-state index is 13.9. The molecule has 110 valence electrons. The molecule has 1 aliphatic carbocycles. The minimum Gasteiger partial charge on any atom is -0.319 e. The molecule has 0 spiro atoms. The molecule has 0 aromatic heterocycles. The summed E-state index contributed by atoms with van der Waals surface area (Å²) in [4.78, 5) is 2.62. The third kappa shape index (κ3) is 2.92. The van der Waals surface area contributed by atoms with Crippen molar-refractivity contribution in [3.8, 4) is 0 Å². The lowest BCUT2D eigenvalue weighted by Gasteiger charge is -2.42. The highest BCUT2D eigenvalue weighted by atomic mass is 79.9. The van der Waals surface area contributed by atoms with Crippen LogP contribution in [0, 0.1) is 11.7 Å². The molecule has 2 aliphatic rings. The Labute approximate surface area is 128 Å². The van der Waals surface area contributed by atoms with E-state index < -0.39 is 0 Å². The molecule has 20 heavy (non-hydrogen) atoms. The highest BCUT2D eigenvalue weighted by Gasteiger charge is 2.40. The molecule has 0 amide bonds. The van der Waals surface area contributed by atoms with Crippen molar-refractivity contribution in [3.63, 3.8) is 0 Å². The summed E-state index contributed by atoms with van der Waals surface area (Å²) in [6.45, 7) is 2.17. The van der Waals surface area contributed by atoms with Crippen molar-refractivity contribution in [1.29, 1.82) is 0 Å². The van der Waals surface area contributed by atoms with Gasteiger partial charge in [0.2, 0.25) is 0 Å². The van der Waals surface area contributed by atoms with Crippen LogP contribution in [-0.4, -0.2) is 31.1 Å². The Kier molecular flexibility index (Phi) is 4.43. The second-order valence-corrected chi connectivity index (χ2v) is 6.90. The Bertz CT molecular complexity index is 474. The van der Waals surface area contributed by atoms with E-state index in [1.807, 2.05) is 13.1 Å². The number of likely N-dealkylation sites (tertiary alicyclic amines) is 1. The first kappa shape index (κ1) is 14.5. The number of nitrogens with one attached hydrogen (secondary N) is 1. The van der Waals surface area contributed by atoms with Crippen LogP contribution in [0.2, 0.25) is 0 Å². The van der Waals surface area contributed by atoms with Crippen LogP contribution in [-0.2, 0) is 0 Å². The average Bonchev–Trinajstić information content (AvgIpc) is 3.27. The maximum Gasteiger partial charge on any atom is 0.137 e. The van der Waals surface area contributed by atoms with Crippen molar-refractivity contribution >= 4 is 15.9 Å². The highest BCUT2D eigenvalue weighted by Crippen LogP contribution is 2.43. The van der Waals surface area contributed by atoms with E-state index in [9.17, 15) is 4.39 Å². The molecule has 4 heteroatoms. The van der Waals surface area contributed by atoms with E-state index >= 15 is 0 Å². The fourth-order valence-corrected chi connectivity index (χ4v) is 3.80. The minimum atomic E-state index is -0.146. The van der Waals surface area contributed by atoms with E-state index in [4.69, 9.17) is 0 Å². The van der Waals surface area contributed by atoms with E-state index in [2.05, 4.69) is 32.2 Å². The van der Waals surface area contributed by atoms with Crippen LogP contribution in [0.25, 0.3) is 0 Å². The van der Waals surface area contributed by atoms with Gasteiger partial charge in [-0.05, 0) is 85.4 Å². The van der Waals surface area contributed by atoms with Gasteiger partial charge in [0, 0.05) is 12.1 Å². The van der Waals surface area contributed by atoms with E-state index in [1.165, 1.54) is 25.7 Å². The van der Waals surface area contributed by atoms with E-state index in [-0.39, 0.29) is 5.82 Å². The van der Waals surface area contributed by atoms with Crippen molar-refractivity contribution < 1.29 is 4.39 Å². The van der Waals surface area contributed by atoms with Gasteiger partial charge in [-0.15, -0.1) is 0 Å². The van der Waals surface area contributed by atoms with E-state index in [1.54, 1.807) is 6.07 Å². The number of hydrogen-bond donors (Lipinski definition) is 1. The van der Waals surface area contributed by atoms with Gasteiger partial charge < -0.3 is 5.32 Å². The molecule has 1 heterocycles. The predicted octanol–water partition coefficient (Wildman–Crippen LogP) is 3.72. The fourth-order valence-electron chi connectivity index (χ4n) is 3.56. The third-order valence-electron chi connectivity index (χ3n) is 4.56. The normalized spacial score (nSPS) is 27.8. The van der Waals surface area contributed by atoms with Gasteiger partial charge in [0.1, 0.15) is 5.82 Å². The molecule has 2 atom stereocenters. The van der Waals surface area contributed by atoms with Gasteiger partial charge in [-0.2, -0.15) is 0 Å². The lowest BCUT2D eigenvalue weighted by Crippen LogP contribution is -2.43. The van der Waals surface area contributed by atoms with Crippen LogP contribution < -0.4 is 5.32 Å². The number of piperidine rings is 1. The Morgan fingerprint density at radius 3 is 2.80 bits per heavy atom. The third-order valence-corrected chi connectivity index (χ3v) is 5.21. The second kappa shape index (κ2) is 6.12. The zero-order chi connectivity index (χ0) is 14.1. The number of rotatable bonds is 4. The molecule has 1 saturated carbocycles. The first-order valence-corrected chi connectivity index (χ1v) is 8.35. The van der Waals surface area contributed by atoms with Crippen LogP contribution in [0.1, 0.15) is 37.3 Å². The number of hydrogen-bond acceptors (Lipinski definition) is 2. The van der Waals surface area contributed by atoms with Gasteiger partial charge >= 0.3 is 0 Å². The van der Waals surface area contributed by atoms with Gasteiger partial charge in [0.15, 0.2) is 0 Å². The molecule has 1 aromatic carbocycles. The molecule has 1 saturated heterocycles. The summed E-state index contributed by atoms with van der Waals surface area (Å²) in [6.07, 6.45) is 5.11. The van der Waals surface area contributed by atoms with Gasteiger partial charge in [0.05, 0.1) is 4.47 Å². The standard InChI is InChI=1S/C16H22BrFN2/c1-19-10-12-3-2-8-20(13-5-6-13)16(12)11-4-7-14(17)15(18)9-11/h4,7,9,12-13,16,19H,2-3,5-6,8,10H2,1H3. The van der Waals surface area contributed by atoms with Gasteiger partial charge in [-0.1, -0.05) is 6.07 Å². The lowest BCUT2D eigenvalue weighted by molar-refractivity contribution is 0.0843. The molecule has 2 nitrogen and oxygen atoms in total. The summed E-state index contributed by atoms with van der Waals surface area (Å²) in [7, 11) is 2.01. The monoisotopic (exact) mass is 340 g/mol.